The van der Waals surface area contributed by atoms with E-state index in [4.69, 9.17) is 4.52 Å². The molecule has 1 N–H and O–H groups in total. The molecule has 1 aliphatic rings. The van der Waals surface area contributed by atoms with E-state index in [1.807, 2.05) is 24.3 Å². The van der Waals surface area contributed by atoms with E-state index in [-0.39, 0.29) is 11.8 Å². The third-order valence-corrected chi connectivity index (χ3v) is 5.36. The van der Waals surface area contributed by atoms with Gasteiger partial charge in [0.15, 0.2) is 0 Å². The topological polar surface area (TPSA) is 71.3 Å². The van der Waals surface area contributed by atoms with Crippen molar-refractivity contribution in [3.63, 3.8) is 0 Å². The fourth-order valence-electron chi connectivity index (χ4n) is 3.40. The third kappa shape index (κ3) is 5.87. The standard InChI is InChI=1S/C20H27BrN4O2/c1-2-3-4-10-22-20(26)16-8-6-11-25(13-16)14-18-23-19(24-27-18)15-7-5-9-17(21)12-15/h5,7,9,12,16H,2-4,6,8,10-11,13-14H2,1H3,(H,22,26). The van der Waals surface area contributed by atoms with Crippen LogP contribution in [0.5, 0.6) is 0 Å². The smallest absolute Gasteiger partial charge is 0.241 e. The minimum absolute atomic E-state index is 0.0489. The molecule has 2 aromatic rings. The molecule has 1 saturated heterocycles. The molecule has 146 valence electrons. The van der Waals surface area contributed by atoms with Crippen LogP contribution in [0.2, 0.25) is 0 Å². The Balaban J connectivity index is 1.53. The maximum atomic E-state index is 12.4. The molecule has 3 rings (SSSR count). The Morgan fingerprint density at radius 1 is 1.41 bits per heavy atom. The summed E-state index contributed by atoms with van der Waals surface area (Å²) in [5.41, 5.74) is 0.919. The molecule has 1 aromatic carbocycles. The number of nitrogens with zero attached hydrogens (tertiary/aromatic N) is 3. The van der Waals surface area contributed by atoms with E-state index in [1.54, 1.807) is 0 Å². The summed E-state index contributed by atoms with van der Waals surface area (Å²) >= 11 is 3.46. The fourth-order valence-corrected chi connectivity index (χ4v) is 3.80. The Hall–Kier alpha value is -1.73. The van der Waals surface area contributed by atoms with Crippen LogP contribution in [0.1, 0.15) is 44.9 Å². The van der Waals surface area contributed by atoms with Crippen molar-refractivity contribution in [3.05, 3.63) is 34.6 Å². The first-order valence-electron chi connectivity index (χ1n) is 9.74. The zero-order valence-electron chi connectivity index (χ0n) is 15.8. The Labute approximate surface area is 168 Å². The summed E-state index contributed by atoms with van der Waals surface area (Å²) in [6, 6.07) is 7.84. The molecule has 0 saturated carbocycles. The van der Waals surface area contributed by atoms with E-state index in [2.05, 4.69) is 43.2 Å². The van der Waals surface area contributed by atoms with Gasteiger partial charge < -0.3 is 9.84 Å². The highest BCUT2D eigenvalue weighted by molar-refractivity contribution is 9.10. The highest BCUT2D eigenvalue weighted by Crippen LogP contribution is 2.22. The monoisotopic (exact) mass is 434 g/mol. The summed E-state index contributed by atoms with van der Waals surface area (Å²) in [5, 5.41) is 7.17. The van der Waals surface area contributed by atoms with Crippen LogP contribution in [-0.2, 0) is 11.3 Å². The van der Waals surface area contributed by atoms with Gasteiger partial charge in [-0.2, -0.15) is 4.98 Å². The molecule has 1 atom stereocenters. The second-order valence-electron chi connectivity index (χ2n) is 7.09. The maximum Gasteiger partial charge on any atom is 0.241 e. The second-order valence-corrected chi connectivity index (χ2v) is 8.01. The van der Waals surface area contributed by atoms with Gasteiger partial charge in [-0.1, -0.05) is 53.0 Å². The molecule has 0 aliphatic carbocycles. The Morgan fingerprint density at radius 3 is 3.11 bits per heavy atom. The molecule has 0 spiro atoms. The molecule has 6 nitrogen and oxygen atoms in total. The predicted octanol–water partition coefficient (Wildman–Crippen LogP) is 4.02. The van der Waals surface area contributed by atoms with E-state index >= 15 is 0 Å². The molecule has 1 aliphatic heterocycles. The van der Waals surface area contributed by atoms with Crippen LogP contribution in [0, 0.1) is 5.92 Å². The lowest BCUT2D eigenvalue weighted by molar-refractivity contribution is -0.126. The number of nitrogens with one attached hydrogen (secondary N) is 1. The van der Waals surface area contributed by atoms with Gasteiger partial charge in [-0.15, -0.1) is 0 Å². The Kier molecular flexibility index (Phi) is 7.41. The highest BCUT2D eigenvalue weighted by atomic mass is 79.9. The first-order valence-corrected chi connectivity index (χ1v) is 10.5. The molecule has 1 amide bonds. The summed E-state index contributed by atoms with van der Waals surface area (Å²) < 4.78 is 6.41. The third-order valence-electron chi connectivity index (χ3n) is 4.87. The number of rotatable bonds is 8. The number of unbranched alkanes of at least 4 members (excludes halogenated alkanes) is 2. The zero-order valence-corrected chi connectivity index (χ0v) is 17.4. The summed E-state index contributed by atoms with van der Waals surface area (Å²) in [6.07, 6.45) is 5.34. The van der Waals surface area contributed by atoms with Gasteiger partial charge in [0.25, 0.3) is 0 Å². The lowest BCUT2D eigenvalue weighted by Crippen LogP contribution is -2.42. The zero-order chi connectivity index (χ0) is 19.1. The summed E-state index contributed by atoms with van der Waals surface area (Å²) in [6.45, 7) is 5.23. The number of amides is 1. The van der Waals surface area contributed by atoms with Crippen molar-refractivity contribution in [1.82, 2.24) is 20.4 Å². The molecule has 1 fully saturated rings. The number of aromatic nitrogens is 2. The van der Waals surface area contributed by atoms with Gasteiger partial charge in [0, 0.05) is 23.1 Å². The predicted molar refractivity (Wildman–Crippen MR) is 108 cm³/mol. The summed E-state index contributed by atoms with van der Waals surface area (Å²) in [4.78, 5) is 19.1. The molecule has 7 heteroatoms. The summed E-state index contributed by atoms with van der Waals surface area (Å²) in [7, 11) is 0. The van der Waals surface area contributed by atoms with Crippen LogP contribution in [0.25, 0.3) is 11.4 Å². The quantitative estimate of drug-likeness (QED) is 0.635. The van der Waals surface area contributed by atoms with Crippen molar-refractivity contribution in [2.75, 3.05) is 19.6 Å². The van der Waals surface area contributed by atoms with Crippen LogP contribution < -0.4 is 5.32 Å². The SMILES string of the molecule is CCCCCNC(=O)C1CCCN(Cc2nc(-c3cccc(Br)c3)no2)C1. The van der Waals surface area contributed by atoms with Gasteiger partial charge >= 0.3 is 0 Å². The van der Waals surface area contributed by atoms with E-state index in [1.165, 1.54) is 6.42 Å². The molecule has 0 radical (unpaired) electrons. The highest BCUT2D eigenvalue weighted by Gasteiger charge is 2.26. The molecular weight excluding hydrogens is 408 g/mol. The van der Waals surface area contributed by atoms with Crippen molar-refractivity contribution in [2.45, 2.75) is 45.6 Å². The molecule has 2 heterocycles. The van der Waals surface area contributed by atoms with Crippen molar-refractivity contribution < 1.29 is 9.32 Å². The number of piperidine rings is 1. The number of carbonyl (C=O) groups excluding carboxylic acids is 1. The van der Waals surface area contributed by atoms with E-state index < -0.39 is 0 Å². The summed E-state index contributed by atoms with van der Waals surface area (Å²) in [5.74, 6) is 1.41. The number of carbonyl (C=O) groups is 1. The first-order chi connectivity index (χ1) is 13.2. The van der Waals surface area contributed by atoms with Gasteiger partial charge in [-0.3, -0.25) is 9.69 Å². The first kappa shape index (κ1) is 20.0. The van der Waals surface area contributed by atoms with E-state index in [0.717, 1.165) is 55.4 Å². The largest absolute Gasteiger partial charge is 0.356 e. The Morgan fingerprint density at radius 2 is 2.30 bits per heavy atom. The molecule has 27 heavy (non-hydrogen) atoms. The minimum Gasteiger partial charge on any atom is -0.356 e. The van der Waals surface area contributed by atoms with Gasteiger partial charge in [0.05, 0.1) is 12.5 Å². The van der Waals surface area contributed by atoms with Crippen molar-refractivity contribution >= 4 is 21.8 Å². The Bertz CT molecular complexity index is 749. The van der Waals surface area contributed by atoms with Gasteiger partial charge in [-0.25, -0.2) is 0 Å². The number of hydrogen-bond acceptors (Lipinski definition) is 5. The van der Waals surface area contributed by atoms with E-state index in [0.29, 0.717) is 18.3 Å². The van der Waals surface area contributed by atoms with Crippen LogP contribution >= 0.6 is 15.9 Å². The number of halogens is 1. The maximum absolute atomic E-state index is 12.4. The number of hydrogen-bond donors (Lipinski definition) is 1. The normalized spacial score (nSPS) is 17.8. The average molecular weight is 435 g/mol. The lowest BCUT2D eigenvalue weighted by Gasteiger charge is -2.30. The van der Waals surface area contributed by atoms with Gasteiger partial charge in [-0.05, 0) is 37.9 Å². The second kappa shape index (κ2) is 9.99. The minimum atomic E-state index is 0.0489. The van der Waals surface area contributed by atoms with Crippen molar-refractivity contribution in [3.8, 4) is 11.4 Å². The molecule has 0 bridgehead atoms. The molecule has 1 unspecified atom stereocenters. The van der Waals surface area contributed by atoms with Crippen LogP contribution in [0.4, 0.5) is 0 Å². The van der Waals surface area contributed by atoms with Crippen LogP contribution in [0.3, 0.4) is 0 Å². The number of benzene rings is 1. The van der Waals surface area contributed by atoms with E-state index in [9.17, 15) is 4.79 Å². The molecular formula is C20H27BrN4O2. The van der Waals surface area contributed by atoms with Crippen LogP contribution in [0.15, 0.2) is 33.3 Å². The average Bonchev–Trinajstić information content (AvgIpc) is 3.14. The van der Waals surface area contributed by atoms with Crippen LogP contribution in [-0.4, -0.2) is 40.6 Å². The van der Waals surface area contributed by atoms with Gasteiger partial charge in [0.1, 0.15) is 0 Å². The van der Waals surface area contributed by atoms with Crippen molar-refractivity contribution in [1.29, 1.82) is 0 Å². The number of likely N-dealkylation sites (tertiary alicyclic amines) is 1. The van der Waals surface area contributed by atoms with Crippen molar-refractivity contribution in [2.24, 2.45) is 5.92 Å². The molecule has 1 aromatic heterocycles. The van der Waals surface area contributed by atoms with Gasteiger partial charge in [0.2, 0.25) is 17.6 Å². The lowest BCUT2D eigenvalue weighted by atomic mass is 9.97. The fraction of sp³-hybridized carbons (Fsp3) is 0.550.